The molecule has 22 heavy (non-hydrogen) atoms. The topological polar surface area (TPSA) is 61.7 Å². The number of aromatic nitrogens is 2. The number of benzene rings is 2. The molecule has 1 N–H and O–H groups in total. The van der Waals surface area contributed by atoms with E-state index < -0.39 is 0 Å². The van der Waals surface area contributed by atoms with Crippen molar-refractivity contribution >= 4 is 22.7 Å². The van der Waals surface area contributed by atoms with E-state index in [1.165, 1.54) is 0 Å². The van der Waals surface area contributed by atoms with Gasteiger partial charge >= 0.3 is 0 Å². The number of fused-ring (bicyclic) bond motifs is 1. The van der Waals surface area contributed by atoms with Crippen LogP contribution in [0.2, 0.25) is 0 Å². The Morgan fingerprint density at radius 1 is 1.27 bits per heavy atom. The molecule has 0 spiro atoms. The smallest absolute Gasteiger partial charge is 0.149 e. The fourth-order valence-corrected chi connectivity index (χ4v) is 2.35. The average molecular weight is 289 g/mol. The van der Waals surface area contributed by atoms with Gasteiger partial charge in [0.1, 0.15) is 17.6 Å². The van der Waals surface area contributed by atoms with Crippen LogP contribution in [0.15, 0.2) is 42.5 Å². The predicted molar refractivity (Wildman–Crippen MR) is 87.3 cm³/mol. The Bertz CT molecular complexity index is 900. The molecule has 2 aromatic carbocycles. The third-order valence-electron chi connectivity index (χ3n) is 3.45. The molecule has 3 rings (SSSR count). The lowest BCUT2D eigenvalue weighted by Crippen LogP contribution is -1.89. The maximum atomic E-state index is 9.47. The number of rotatable bonds is 3. The number of nitrogens with one attached hydrogen (secondary N) is 1. The Kier molecular flexibility index (Phi) is 3.63. The van der Waals surface area contributed by atoms with Crippen LogP contribution in [0, 0.1) is 18.3 Å². The Morgan fingerprint density at radius 3 is 2.86 bits per heavy atom. The second-order valence-corrected chi connectivity index (χ2v) is 5.02. The van der Waals surface area contributed by atoms with E-state index in [0.717, 1.165) is 27.9 Å². The zero-order chi connectivity index (χ0) is 15.5. The maximum absolute atomic E-state index is 9.47. The highest BCUT2D eigenvalue weighted by Gasteiger charge is 2.09. The van der Waals surface area contributed by atoms with E-state index in [1.807, 2.05) is 49.4 Å². The second kappa shape index (κ2) is 5.74. The Morgan fingerprint density at radius 2 is 2.09 bits per heavy atom. The summed E-state index contributed by atoms with van der Waals surface area (Å²) in [6.45, 7) is 2.02. The van der Waals surface area contributed by atoms with Crippen molar-refractivity contribution in [3.05, 3.63) is 59.4 Å². The van der Waals surface area contributed by atoms with Gasteiger partial charge < -0.3 is 9.72 Å². The molecular formula is C18H15N3O. The number of nitrogens with zero attached hydrogens (tertiary/aromatic N) is 2. The molecule has 0 unspecified atom stereocenters. The molecule has 0 bridgehead atoms. The fourth-order valence-electron chi connectivity index (χ4n) is 2.35. The highest BCUT2D eigenvalue weighted by molar-refractivity contribution is 5.91. The molecule has 1 heterocycles. The van der Waals surface area contributed by atoms with Crippen molar-refractivity contribution in [2.24, 2.45) is 0 Å². The van der Waals surface area contributed by atoms with Crippen molar-refractivity contribution in [2.45, 2.75) is 6.92 Å². The molecule has 0 fully saturated rings. The Labute approximate surface area is 128 Å². The summed E-state index contributed by atoms with van der Waals surface area (Å²) in [5.41, 5.74) is 4.24. The van der Waals surface area contributed by atoms with Crippen molar-refractivity contribution in [1.29, 1.82) is 5.26 Å². The fraction of sp³-hybridized carbons (Fsp3) is 0.111. The number of allylic oxidation sites excluding steroid dienone is 1. The second-order valence-electron chi connectivity index (χ2n) is 5.02. The summed E-state index contributed by atoms with van der Waals surface area (Å²) in [6, 6.07) is 15.7. The number of methoxy groups -OCH3 is 1. The van der Waals surface area contributed by atoms with Crippen LogP contribution in [0.5, 0.6) is 5.75 Å². The summed E-state index contributed by atoms with van der Waals surface area (Å²) < 4.78 is 5.32. The van der Waals surface area contributed by atoms with E-state index in [1.54, 1.807) is 13.2 Å². The Hall–Kier alpha value is -3.06. The first-order chi connectivity index (χ1) is 10.7. The number of nitriles is 1. The maximum Gasteiger partial charge on any atom is 0.149 e. The van der Waals surface area contributed by atoms with E-state index in [-0.39, 0.29) is 0 Å². The van der Waals surface area contributed by atoms with Crippen LogP contribution in [0.25, 0.3) is 22.7 Å². The van der Waals surface area contributed by atoms with E-state index >= 15 is 0 Å². The summed E-state index contributed by atoms with van der Waals surface area (Å²) in [7, 11) is 1.61. The van der Waals surface area contributed by atoms with E-state index in [2.05, 4.69) is 16.0 Å². The average Bonchev–Trinajstić information content (AvgIpc) is 2.95. The molecule has 0 saturated heterocycles. The van der Waals surface area contributed by atoms with Crippen LogP contribution >= 0.6 is 0 Å². The molecule has 108 valence electrons. The normalized spacial score (nSPS) is 11.4. The highest BCUT2D eigenvalue weighted by Crippen LogP contribution is 2.24. The van der Waals surface area contributed by atoms with Crippen molar-refractivity contribution in [2.75, 3.05) is 7.11 Å². The summed E-state index contributed by atoms with van der Waals surface area (Å²) in [4.78, 5) is 7.69. The SMILES string of the molecule is COc1ccccc1C=C(C#N)c1nc2ccc(C)cc2[nH]1. The number of aromatic amines is 1. The zero-order valence-electron chi connectivity index (χ0n) is 12.4. The molecule has 0 aliphatic carbocycles. The predicted octanol–water partition coefficient (Wildman–Crippen LogP) is 3.94. The van der Waals surface area contributed by atoms with Crippen molar-refractivity contribution in [3.8, 4) is 11.8 Å². The third kappa shape index (κ3) is 2.57. The van der Waals surface area contributed by atoms with Crippen molar-refractivity contribution in [1.82, 2.24) is 9.97 Å². The molecule has 0 saturated carbocycles. The molecule has 0 atom stereocenters. The number of para-hydroxylation sites is 1. The summed E-state index contributed by atoms with van der Waals surface area (Å²) in [5.74, 6) is 1.29. The van der Waals surface area contributed by atoms with Gasteiger partial charge in [0.05, 0.1) is 23.7 Å². The van der Waals surface area contributed by atoms with E-state index in [0.29, 0.717) is 11.4 Å². The van der Waals surface area contributed by atoms with Crippen LogP contribution < -0.4 is 4.74 Å². The Balaban J connectivity index is 2.09. The number of imidazole rings is 1. The molecular weight excluding hydrogens is 274 g/mol. The first-order valence-electron chi connectivity index (χ1n) is 6.93. The molecule has 1 aromatic heterocycles. The van der Waals surface area contributed by atoms with E-state index in [4.69, 9.17) is 4.74 Å². The number of ether oxygens (including phenoxy) is 1. The first-order valence-corrected chi connectivity index (χ1v) is 6.93. The monoisotopic (exact) mass is 289 g/mol. The number of H-pyrrole nitrogens is 1. The minimum atomic E-state index is 0.471. The minimum absolute atomic E-state index is 0.471. The highest BCUT2D eigenvalue weighted by atomic mass is 16.5. The molecule has 0 amide bonds. The standard InChI is InChI=1S/C18H15N3O/c1-12-7-8-15-16(9-12)21-18(20-15)14(11-19)10-13-5-3-4-6-17(13)22-2/h3-10H,1-2H3,(H,20,21). The summed E-state index contributed by atoms with van der Waals surface area (Å²) in [6.07, 6.45) is 1.78. The number of aryl methyl sites for hydroxylation is 1. The molecule has 0 radical (unpaired) electrons. The zero-order valence-corrected chi connectivity index (χ0v) is 12.4. The van der Waals surface area contributed by atoms with Crippen LogP contribution in [0.1, 0.15) is 17.0 Å². The summed E-state index contributed by atoms with van der Waals surface area (Å²) in [5, 5.41) is 9.47. The van der Waals surface area contributed by atoms with Crippen molar-refractivity contribution < 1.29 is 4.74 Å². The lowest BCUT2D eigenvalue weighted by molar-refractivity contribution is 0.414. The molecule has 0 aliphatic heterocycles. The van der Waals surface area contributed by atoms with Gasteiger partial charge in [-0.25, -0.2) is 4.98 Å². The lowest BCUT2D eigenvalue weighted by atomic mass is 10.1. The van der Waals surface area contributed by atoms with Gasteiger partial charge in [0.15, 0.2) is 0 Å². The third-order valence-corrected chi connectivity index (χ3v) is 3.45. The quantitative estimate of drug-likeness (QED) is 0.743. The van der Waals surface area contributed by atoms with Gasteiger partial charge in [0, 0.05) is 5.56 Å². The first kappa shape index (κ1) is 13.9. The van der Waals surface area contributed by atoms with Gasteiger partial charge in [0.2, 0.25) is 0 Å². The number of hydrogen-bond donors (Lipinski definition) is 1. The van der Waals surface area contributed by atoms with Crippen molar-refractivity contribution in [3.63, 3.8) is 0 Å². The molecule has 4 nitrogen and oxygen atoms in total. The minimum Gasteiger partial charge on any atom is -0.496 e. The molecule has 3 aromatic rings. The van der Waals surface area contributed by atoms with Crippen LogP contribution in [0.4, 0.5) is 0 Å². The van der Waals surface area contributed by atoms with E-state index in [9.17, 15) is 5.26 Å². The van der Waals surface area contributed by atoms with Gasteiger partial charge in [-0.2, -0.15) is 5.26 Å². The molecule has 4 heteroatoms. The lowest BCUT2D eigenvalue weighted by Gasteiger charge is -2.03. The van der Waals surface area contributed by atoms with Gasteiger partial charge in [-0.1, -0.05) is 24.3 Å². The van der Waals surface area contributed by atoms with Gasteiger partial charge in [0.25, 0.3) is 0 Å². The summed E-state index contributed by atoms with van der Waals surface area (Å²) >= 11 is 0. The molecule has 0 aliphatic rings. The number of hydrogen-bond acceptors (Lipinski definition) is 3. The van der Waals surface area contributed by atoms with Gasteiger partial charge in [-0.3, -0.25) is 0 Å². The van der Waals surface area contributed by atoms with Crippen LogP contribution in [-0.2, 0) is 0 Å². The van der Waals surface area contributed by atoms with Gasteiger partial charge in [-0.05, 0) is 36.8 Å². The van der Waals surface area contributed by atoms with Crippen LogP contribution in [-0.4, -0.2) is 17.1 Å². The van der Waals surface area contributed by atoms with Crippen LogP contribution in [0.3, 0.4) is 0 Å². The van der Waals surface area contributed by atoms with Gasteiger partial charge in [-0.15, -0.1) is 0 Å². The largest absolute Gasteiger partial charge is 0.496 e.